The summed E-state index contributed by atoms with van der Waals surface area (Å²) in [6.07, 6.45) is 2.85. The van der Waals surface area contributed by atoms with E-state index in [4.69, 9.17) is 5.73 Å². The first-order valence-corrected chi connectivity index (χ1v) is 8.38. The Bertz CT molecular complexity index is 547. The number of nitrogens with zero attached hydrogens (tertiary/aromatic N) is 3. The molecule has 1 aliphatic heterocycles. The lowest BCUT2D eigenvalue weighted by atomic mass is 10.0. The van der Waals surface area contributed by atoms with Crippen LogP contribution in [0.5, 0.6) is 0 Å². The maximum Gasteiger partial charge on any atom is 0.185 e. The zero-order valence-corrected chi connectivity index (χ0v) is 13.1. The fraction of sp³-hybridized carbons (Fsp3) is 0.438. The Morgan fingerprint density at radius 1 is 1.10 bits per heavy atom. The molecule has 2 heterocycles. The van der Waals surface area contributed by atoms with Gasteiger partial charge in [-0.25, -0.2) is 4.98 Å². The van der Waals surface area contributed by atoms with Gasteiger partial charge in [-0.05, 0) is 24.1 Å². The molecule has 0 atom stereocenters. The summed E-state index contributed by atoms with van der Waals surface area (Å²) in [6.45, 7) is 6.06. The van der Waals surface area contributed by atoms with Crippen molar-refractivity contribution in [3.63, 3.8) is 0 Å². The van der Waals surface area contributed by atoms with E-state index in [1.807, 2.05) is 11.6 Å². The van der Waals surface area contributed by atoms with Crippen LogP contribution < -0.4 is 10.6 Å². The lowest BCUT2D eigenvalue weighted by Crippen LogP contribution is -2.46. The van der Waals surface area contributed by atoms with Crippen LogP contribution in [0.3, 0.4) is 0 Å². The molecule has 112 valence electrons. The van der Waals surface area contributed by atoms with E-state index in [1.54, 1.807) is 11.3 Å². The van der Waals surface area contributed by atoms with Gasteiger partial charge in [0, 0.05) is 44.3 Å². The van der Waals surface area contributed by atoms with E-state index in [0.29, 0.717) is 0 Å². The summed E-state index contributed by atoms with van der Waals surface area (Å²) >= 11 is 1.73. The molecule has 1 saturated heterocycles. The summed E-state index contributed by atoms with van der Waals surface area (Å²) in [5.74, 6) is 0. The number of thiazole rings is 1. The van der Waals surface area contributed by atoms with E-state index in [1.165, 1.54) is 11.1 Å². The highest BCUT2D eigenvalue weighted by atomic mass is 32.1. The van der Waals surface area contributed by atoms with Gasteiger partial charge < -0.3 is 10.6 Å². The van der Waals surface area contributed by atoms with Crippen molar-refractivity contribution in [2.45, 2.75) is 13.0 Å². The largest absolute Gasteiger partial charge is 0.346 e. The van der Waals surface area contributed by atoms with E-state index >= 15 is 0 Å². The Kier molecular flexibility index (Phi) is 4.85. The SMILES string of the molecule is NCCc1ccccc1CN1CCN(c2nccs2)CC1. The quantitative estimate of drug-likeness (QED) is 0.917. The molecule has 0 spiro atoms. The van der Waals surface area contributed by atoms with E-state index in [-0.39, 0.29) is 0 Å². The van der Waals surface area contributed by atoms with E-state index in [0.717, 1.165) is 50.8 Å². The Labute approximate surface area is 130 Å². The zero-order chi connectivity index (χ0) is 14.5. The first-order chi connectivity index (χ1) is 10.4. The average molecular weight is 302 g/mol. The average Bonchev–Trinajstić information content (AvgIpc) is 3.05. The second-order valence-corrected chi connectivity index (χ2v) is 6.26. The third-order valence-corrected chi connectivity index (χ3v) is 4.82. The van der Waals surface area contributed by atoms with Crippen molar-refractivity contribution in [3.8, 4) is 0 Å². The van der Waals surface area contributed by atoms with Gasteiger partial charge in [-0.1, -0.05) is 24.3 Å². The van der Waals surface area contributed by atoms with Gasteiger partial charge in [0.15, 0.2) is 5.13 Å². The molecule has 1 aromatic heterocycles. The summed E-state index contributed by atoms with van der Waals surface area (Å²) in [5, 5.41) is 3.20. The molecule has 2 N–H and O–H groups in total. The number of benzene rings is 1. The van der Waals surface area contributed by atoms with Crippen LogP contribution in [0.2, 0.25) is 0 Å². The molecule has 0 aliphatic carbocycles. The van der Waals surface area contributed by atoms with Crippen LogP contribution in [0.25, 0.3) is 0 Å². The molecule has 0 amide bonds. The fourth-order valence-corrected chi connectivity index (χ4v) is 3.52. The van der Waals surface area contributed by atoms with E-state index in [2.05, 4.69) is 39.0 Å². The molecule has 1 aliphatic rings. The van der Waals surface area contributed by atoms with Gasteiger partial charge in [0.05, 0.1) is 0 Å². The zero-order valence-electron chi connectivity index (χ0n) is 12.2. The number of aromatic nitrogens is 1. The van der Waals surface area contributed by atoms with E-state index in [9.17, 15) is 0 Å². The Hall–Kier alpha value is -1.43. The first-order valence-electron chi connectivity index (χ1n) is 7.50. The van der Waals surface area contributed by atoms with Crippen molar-refractivity contribution in [1.29, 1.82) is 0 Å². The molecule has 1 fully saturated rings. The smallest absolute Gasteiger partial charge is 0.185 e. The van der Waals surface area contributed by atoms with Crippen LogP contribution in [0, 0.1) is 0 Å². The second kappa shape index (κ2) is 7.02. The first kappa shape index (κ1) is 14.5. The molecule has 1 aromatic carbocycles. The molecule has 3 rings (SSSR count). The highest BCUT2D eigenvalue weighted by molar-refractivity contribution is 7.13. The predicted octanol–water partition coefficient (Wildman–Crippen LogP) is 1.97. The molecular formula is C16H22N4S. The topological polar surface area (TPSA) is 45.4 Å². The highest BCUT2D eigenvalue weighted by Crippen LogP contribution is 2.20. The van der Waals surface area contributed by atoms with Crippen LogP contribution >= 0.6 is 11.3 Å². The van der Waals surface area contributed by atoms with Crippen molar-refractivity contribution in [2.75, 3.05) is 37.6 Å². The highest BCUT2D eigenvalue weighted by Gasteiger charge is 2.19. The van der Waals surface area contributed by atoms with Crippen LogP contribution in [0.1, 0.15) is 11.1 Å². The van der Waals surface area contributed by atoms with Crippen LogP contribution in [-0.2, 0) is 13.0 Å². The molecule has 0 unspecified atom stereocenters. The summed E-state index contributed by atoms with van der Waals surface area (Å²) in [5.41, 5.74) is 8.52. The normalized spacial score (nSPS) is 16.3. The van der Waals surface area contributed by atoms with Crippen LogP contribution in [0.15, 0.2) is 35.8 Å². The molecule has 2 aromatic rings. The van der Waals surface area contributed by atoms with Gasteiger partial charge in [-0.3, -0.25) is 4.90 Å². The van der Waals surface area contributed by atoms with Crippen molar-refractivity contribution in [3.05, 3.63) is 47.0 Å². The summed E-state index contributed by atoms with van der Waals surface area (Å²) in [6, 6.07) is 8.67. The summed E-state index contributed by atoms with van der Waals surface area (Å²) in [4.78, 5) is 9.31. The second-order valence-electron chi connectivity index (χ2n) is 5.39. The van der Waals surface area contributed by atoms with Crippen molar-refractivity contribution < 1.29 is 0 Å². The third kappa shape index (κ3) is 3.61. The van der Waals surface area contributed by atoms with Gasteiger partial charge >= 0.3 is 0 Å². The molecule has 0 saturated carbocycles. The van der Waals surface area contributed by atoms with Gasteiger partial charge in [-0.15, -0.1) is 11.3 Å². The lowest BCUT2D eigenvalue weighted by molar-refractivity contribution is 0.249. The Balaban J connectivity index is 1.58. The van der Waals surface area contributed by atoms with Crippen molar-refractivity contribution >= 4 is 16.5 Å². The third-order valence-electron chi connectivity index (χ3n) is 3.99. The number of piperazine rings is 1. The minimum Gasteiger partial charge on any atom is -0.346 e. The van der Waals surface area contributed by atoms with Gasteiger partial charge in [0.25, 0.3) is 0 Å². The van der Waals surface area contributed by atoms with Crippen LogP contribution in [-0.4, -0.2) is 42.6 Å². The summed E-state index contributed by atoms with van der Waals surface area (Å²) in [7, 11) is 0. The molecule has 0 radical (unpaired) electrons. The van der Waals surface area contributed by atoms with Gasteiger partial charge in [-0.2, -0.15) is 0 Å². The lowest BCUT2D eigenvalue weighted by Gasteiger charge is -2.34. The number of rotatable bonds is 5. The minimum atomic E-state index is 0.717. The maximum atomic E-state index is 5.71. The van der Waals surface area contributed by atoms with E-state index < -0.39 is 0 Å². The minimum absolute atomic E-state index is 0.717. The summed E-state index contributed by atoms with van der Waals surface area (Å²) < 4.78 is 0. The molecule has 0 bridgehead atoms. The number of nitrogens with two attached hydrogens (primary N) is 1. The molecular weight excluding hydrogens is 280 g/mol. The predicted molar refractivity (Wildman–Crippen MR) is 88.8 cm³/mol. The number of hydrogen-bond acceptors (Lipinski definition) is 5. The van der Waals surface area contributed by atoms with Gasteiger partial charge in [0.2, 0.25) is 0 Å². The number of anilines is 1. The standard InChI is InChI=1S/C16H22N4S/c17-6-5-14-3-1-2-4-15(14)13-19-8-10-20(11-9-19)16-18-7-12-21-16/h1-4,7,12H,5-6,8-11,13,17H2. The molecule has 4 nitrogen and oxygen atoms in total. The number of hydrogen-bond donors (Lipinski definition) is 1. The van der Waals surface area contributed by atoms with Crippen molar-refractivity contribution in [2.24, 2.45) is 5.73 Å². The Morgan fingerprint density at radius 2 is 1.86 bits per heavy atom. The molecule has 21 heavy (non-hydrogen) atoms. The maximum absolute atomic E-state index is 5.71. The fourth-order valence-electron chi connectivity index (χ4n) is 2.82. The van der Waals surface area contributed by atoms with Crippen LogP contribution in [0.4, 0.5) is 5.13 Å². The monoisotopic (exact) mass is 302 g/mol. The van der Waals surface area contributed by atoms with Gasteiger partial charge in [0.1, 0.15) is 0 Å². The van der Waals surface area contributed by atoms with Crippen molar-refractivity contribution in [1.82, 2.24) is 9.88 Å². The Morgan fingerprint density at radius 3 is 2.52 bits per heavy atom. The molecule has 5 heteroatoms.